The molecule has 0 bridgehead atoms. The molecule has 1 fully saturated rings. The van der Waals surface area contributed by atoms with Gasteiger partial charge in [-0.2, -0.15) is 0 Å². The number of nitrogens with zero attached hydrogens (tertiary/aromatic N) is 2. The van der Waals surface area contributed by atoms with Crippen LogP contribution in [0.25, 0.3) is 0 Å². The van der Waals surface area contributed by atoms with Gasteiger partial charge >= 0.3 is 0 Å². The largest absolute Gasteiger partial charge is 0.364 e. The number of rotatable bonds is 2. The topological polar surface area (TPSA) is 49.8 Å². The van der Waals surface area contributed by atoms with E-state index in [9.17, 15) is 0 Å². The summed E-state index contributed by atoms with van der Waals surface area (Å²) in [4.78, 5) is 8.18. The fourth-order valence-corrected chi connectivity index (χ4v) is 1.57. The van der Waals surface area contributed by atoms with Crippen LogP contribution in [0.15, 0.2) is 18.6 Å². The van der Waals surface area contributed by atoms with E-state index in [0.717, 1.165) is 18.9 Å². The molecule has 0 spiro atoms. The Bertz CT molecular complexity index is 262. The molecule has 2 atom stereocenters. The lowest BCUT2D eigenvalue weighted by atomic mass is 10.1. The molecule has 0 saturated carbocycles. The van der Waals surface area contributed by atoms with Crippen LogP contribution >= 0.6 is 0 Å². The van der Waals surface area contributed by atoms with Crippen LogP contribution in [-0.4, -0.2) is 29.1 Å². The van der Waals surface area contributed by atoms with E-state index in [2.05, 4.69) is 27.5 Å². The summed E-state index contributed by atoms with van der Waals surface area (Å²) in [6, 6.07) is 0.483. The van der Waals surface area contributed by atoms with Gasteiger partial charge in [0.05, 0.1) is 6.20 Å². The van der Waals surface area contributed by atoms with Gasteiger partial charge in [0.15, 0.2) is 0 Å². The van der Waals surface area contributed by atoms with Crippen LogP contribution in [0, 0.1) is 5.92 Å². The molecule has 2 N–H and O–H groups in total. The third-order valence-corrected chi connectivity index (χ3v) is 2.41. The monoisotopic (exact) mass is 178 g/mol. The summed E-state index contributed by atoms with van der Waals surface area (Å²) in [5.74, 6) is 1.52. The van der Waals surface area contributed by atoms with Gasteiger partial charge in [0.2, 0.25) is 0 Å². The zero-order valence-electron chi connectivity index (χ0n) is 7.70. The first-order valence-corrected chi connectivity index (χ1v) is 4.59. The van der Waals surface area contributed by atoms with Crippen molar-refractivity contribution in [3.63, 3.8) is 0 Å². The predicted molar refractivity (Wildman–Crippen MR) is 51.5 cm³/mol. The number of aromatic nitrogens is 2. The lowest BCUT2D eigenvalue weighted by molar-refractivity contribution is 0.593. The minimum atomic E-state index is 0.483. The quantitative estimate of drug-likeness (QED) is 0.692. The molecule has 13 heavy (non-hydrogen) atoms. The molecule has 0 aliphatic carbocycles. The van der Waals surface area contributed by atoms with Gasteiger partial charge in [0.1, 0.15) is 5.82 Å². The van der Waals surface area contributed by atoms with Crippen LogP contribution in [0.2, 0.25) is 0 Å². The van der Waals surface area contributed by atoms with Crippen molar-refractivity contribution in [1.29, 1.82) is 0 Å². The fraction of sp³-hybridized carbons (Fsp3) is 0.556. The Balaban J connectivity index is 1.98. The van der Waals surface area contributed by atoms with Crippen LogP contribution in [0.3, 0.4) is 0 Å². The molecule has 2 rings (SSSR count). The van der Waals surface area contributed by atoms with Gasteiger partial charge in [-0.05, 0) is 12.5 Å². The first kappa shape index (κ1) is 8.44. The Morgan fingerprint density at radius 3 is 3.00 bits per heavy atom. The standard InChI is InChI=1S/C9H14N4/c1-7-4-11-5-8(7)13-9-6-10-2-3-12-9/h2-3,6-8,11H,4-5H2,1H3,(H,12,13)/t7-,8+/m1/s1. The van der Waals surface area contributed by atoms with Gasteiger partial charge in [-0.15, -0.1) is 0 Å². The van der Waals surface area contributed by atoms with Gasteiger partial charge in [-0.25, -0.2) is 4.98 Å². The molecule has 70 valence electrons. The van der Waals surface area contributed by atoms with Crippen molar-refractivity contribution in [3.8, 4) is 0 Å². The summed E-state index contributed by atoms with van der Waals surface area (Å²) in [7, 11) is 0. The van der Waals surface area contributed by atoms with E-state index in [1.807, 2.05) is 0 Å². The lowest BCUT2D eigenvalue weighted by Crippen LogP contribution is -2.27. The van der Waals surface area contributed by atoms with Crippen molar-refractivity contribution in [1.82, 2.24) is 15.3 Å². The van der Waals surface area contributed by atoms with Gasteiger partial charge in [-0.1, -0.05) is 6.92 Å². The second-order valence-electron chi connectivity index (χ2n) is 3.48. The highest BCUT2D eigenvalue weighted by Gasteiger charge is 2.22. The summed E-state index contributed by atoms with van der Waals surface area (Å²) in [5, 5.41) is 6.69. The highest BCUT2D eigenvalue weighted by atomic mass is 15.1. The van der Waals surface area contributed by atoms with Crippen molar-refractivity contribution in [2.24, 2.45) is 5.92 Å². The zero-order valence-corrected chi connectivity index (χ0v) is 7.70. The molecule has 0 unspecified atom stereocenters. The van der Waals surface area contributed by atoms with E-state index in [1.54, 1.807) is 18.6 Å². The second kappa shape index (κ2) is 3.70. The average molecular weight is 178 g/mol. The van der Waals surface area contributed by atoms with E-state index in [0.29, 0.717) is 12.0 Å². The summed E-state index contributed by atoms with van der Waals surface area (Å²) in [6.07, 6.45) is 5.14. The molecule has 1 aromatic heterocycles. The maximum atomic E-state index is 4.18. The SMILES string of the molecule is C[C@@H]1CNC[C@@H]1Nc1cnccn1. The molecule has 1 saturated heterocycles. The zero-order chi connectivity index (χ0) is 9.10. The van der Waals surface area contributed by atoms with Crippen LogP contribution in [-0.2, 0) is 0 Å². The Morgan fingerprint density at radius 1 is 1.46 bits per heavy atom. The van der Waals surface area contributed by atoms with E-state index >= 15 is 0 Å². The number of hydrogen-bond donors (Lipinski definition) is 2. The molecular weight excluding hydrogens is 164 g/mol. The van der Waals surface area contributed by atoms with Gasteiger partial charge < -0.3 is 10.6 Å². The van der Waals surface area contributed by atoms with Crippen molar-refractivity contribution < 1.29 is 0 Å². The Kier molecular flexibility index (Phi) is 2.40. The van der Waals surface area contributed by atoms with Crippen molar-refractivity contribution in [2.45, 2.75) is 13.0 Å². The van der Waals surface area contributed by atoms with Gasteiger partial charge in [-0.3, -0.25) is 4.98 Å². The molecule has 4 nitrogen and oxygen atoms in total. The normalized spacial score (nSPS) is 27.5. The fourth-order valence-electron chi connectivity index (χ4n) is 1.57. The lowest BCUT2D eigenvalue weighted by Gasteiger charge is -2.15. The van der Waals surface area contributed by atoms with Gasteiger partial charge in [0, 0.05) is 25.0 Å². The molecule has 0 radical (unpaired) electrons. The van der Waals surface area contributed by atoms with E-state index in [-0.39, 0.29) is 0 Å². The minimum Gasteiger partial charge on any atom is -0.364 e. The van der Waals surface area contributed by atoms with Crippen LogP contribution in [0.5, 0.6) is 0 Å². The van der Waals surface area contributed by atoms with Crippen molar-refractivity contribution in [3.05, 3.63) is 18.6 Å². The molecule has 1 aromatic rings. The Labute approximate surface area is 77.8 Å². The third kappa shape index (κ3) is 1.95. The Hall–Kier alpha value is -1.16. The minimum absolute atomic E-state index is 0.483. The van der Waals surface area contributed by atoms with Crippen LogP contribution in [0.4, 0.5) is 5.82 Å². The molecular formula is C9H14N4. The number of nitrogens with one attached hydrogen (secondary N) is 2. The first-order chi connectivity index (χ1) is 6.36. The summed E-state index contributed by atoms with van der Waals surface area (Å²) in [6.45, 7) is 4.32. The van der Waals surface area contributed by atoms with Crippen LogP contribution < -0.4 is 10.6 Å². The molecule has 0 amide bonds. The highest BCUT2D eigenvalue weighted by Crippen LogP contribution is 2.12. The molecule has 0 aromatic carbocycles. The smallest absolute Gasteiger partial charge is 0.144 e. The van der Waals surface area contributed by atoms with E-state index in [4.69, 9.17) is 0 Å². The maximum Gasteiger partial charge on any atom is 0.144 e. The molecule has 1 aliphatic rings. The maximum absolute atomic E-state index is 4.18. The highest BCUT2D eigenvalue weighted by molar-refractivity contribution is 5.32. The second-order valence-corrected chi connectivity index (χ2v) is 3.48. The molecule has 4 heteroatoms. The first-order valence-electron chi connectivity index (χ1n) is 4.59. The number of hydrogen-bond acceptors (Lipinski definition) is 4. The summed E-state index contributed by atoms with van der Waals surface area (Å²) in [5.41, 5.74) is 0. The van der Waals surface area contributed by atoms with E-state index in [1.165, 1.54) is 0 Å². The summed E-state index contributed by atoms with van der Waals surface area (Å²) < 4.78 is 0. The van der Waals surface area contributed by atoms with Gasteiger partial charge in [0.25, 0.3) is 0 Å². The van der Waals surface area contributed by atoms with Crippen molar-refractivity contribution >= 4 is 5.82 Å². The van der Waals surface area contributed by atoms with Crippen molar-refractivity contribution in [2.75, 3.05) is 18.4 Å². The number of anilines is 1. The van der Waals surface area contributed by atoms with Crippen LogP contribution in [0.1, 0.15) is 6.92 Å². The molecule has 1 aliphatic heterocycles. The predicted octanol–water partition coefficient (Wildman–Crippen LogP) is 0.496. The average Bonchev–Trinajstić information content (AvgIpc) is 2.54. The van der Waals surface area contributed by atoms with E-state index < -0.39 is 0 Å². The third-order valence-electron chi connectivity index (χ3n) is 2.41. The molecule has 2 heterocycles. The Morgan fingerprint density at radius 2 is 2.38 bits per heavy atom. The summed E-state index contributed by atoms with van der Waals surface area (Å²) >= 11 is 0.